The molecule has 3 rings (SSSR count). The molecule has 1 atom stereocenters. The molecule has 1 aliphatic rings. The van der Waals surface area contributed by atoms with Crippen LogP contribution in [0.25, 0.3) is 0 Å². The lowest BCUT2D eigenvalue weighted by molar-refractivity contribution is 0.0302. The number of halogens is 1. The number of hydrogen-bond donors (Lipinski definition) is 1. The molecule has 2 aromatic rings. The highest BCUT2D eigenvalue weighted by Gasteiger charge is 2.46. The SMILES string of the molecule is Cc1ccc(C(=O)Oc2ccc([N+]3(C(=O)O)C=CN=C3CCN(C)C(=O)OC(C)(C)C)cc2)cc1F. The van der Waals surface area contributed by atoms with E-state index in [-0.39, 0.29) is 30.1 Å². The number of aryl methyl sites for hydroxylation is 1. The molecule has 0 spiro atoms. The molecular weight excluding hydrogens is 469 g/mol. The molecule has 1 aliphatic heterocycles. The van der Waals surface area contributed by atoms with Crippen LogP contribution >= 0.6 is 0 Å². The Hall–Kier alpha value is -4.05. The first-order valence-electron chi connectivity index (χ1n) is 11.2. The van der Waals surface area contributed by atoms with Gasteiger partial charge in [0.15, 0.2) is 5.69 Å². The fourth-order valence-corrected chi connectivity index (χ4v) is 3.49. The summed E-state index contributed by atoms with van der Waals surface area (Å²) < 4.78 is 23.7. The van der Waals surface area contributed by atoms with Gasteiger partial charge in [-0.2, -0.15) is 4.79 Å². The predicted octanol–water partition coefficient (Wildman–Crippen LogP) is 5.48. The van der Waals surface area contributed by atoms with Gasteiger partial charge in [-0.1, -0.05) is 6.07 Å². The van der Waals surface area contributed by atoms with Gasteiger partial charge in [0, 0.05) is 25.7 Å². The smallest absolute Gasteiger partial charge is 0.444 e. The Morgan fingerprint density at radius 3 is 2.36 bits per heavy atom. The quantitative estimate of drug-likeness (QED) is 0.321. The minimum atomic E-state index is -1.19. The lowest BCUT2D eigenvalue weighted by atomic mass is 10.1. The number of benzene rings is 2. The molecular formula is C26H29FN3O6+. The van der Waals surface area contributed by atoms with E-state index in [1.54, 1.807) is 34.7 Å². The summed E-state index contributed by atoms with van der Waals surface area (Å²) in [7, 11) is 1.57. The molecule has 9 nitrogen and oxygen atoms in total. The number of carboxylic acid groups (broad SMARTS) is 1. The van der Waals surface area contributed by atoms with Gasteiger partial charge >= 0.3 is 18.2 Å². The van der Waals surface area contributed by atoms with E-state index in [9.17, 15) is 23.9 Å². The van der Waals surface area contributed by atoms with Gasteiger partial charge in [-0.15, -0.1) is 4.48 Å². The Morgan fingerprint density at radius 1 is 1.11 bits per heavy atom. The Morgan fingerprint density at radius 2 is 1.78 bits per heavy atom. The highest BCUT2D eigenvalue weighted by atomic mass is 19.1. The van der Waals surface area contributed by atoms with E-state index < -0.39 is 34.1 Å². The van der Waals surface area contributed by atoms with Gasteiger partial charge in [0.05, 0.1) is 18.2 Å². The van der Waals surface area contributed by atoms with Crippen LogP contribution in [0.2, 0.25) is 0 Å². The van der Waals surface area contributed by atoms with E-state index in [1.165, 1.54) is 53.7 Å². The molecule has 1 heterocycles. The third-order valence-electron chi connectivity index (χ3n) is 5.46. The van der Waals surface area contributed by atoms with Gasteiger partial charge in [0.25, 0.3) is 0 Å². The number of ether oxygens (including phenoxy) is 2. The molecule has 1 N–H and O–H groups in total. The molecule has 36 heavy (non-hydrogen) atoms. The Kier molecular flexibility index (Phi) is 7.59. The van der Waals surface area contributed by atoms with Crippen LogP contribution in [0.1, 0.15) is 43.1 Å². The summed E-state index contributed by atoms with van der Waals surface area (Å²) in [5.74, 6) is -0.799. The second kappa shape index (κ2) is 10.3. The normalized spacial score (nSPS) is 16.9. The first-order chi connectivity index (χ1) is 16.8. The minimum absolute atomic E-state index is 0.0576. The van der Waals surface area contributed by atoms with Crippen LogP contribution in [0.4, 0.5) is 19.7 Å². The van der Waals surface area contributed by atoms with E-state index in [0.29, 0.717) is 11.3 Å². The molecule has 0 aromatic heterocycles. The van der Waals surface area contributed by atoms with Crippen molar-refractivity contribution in [3.63, 3.8) is 0 Å². The van der Waals surface area contributed by atoms with Gasteiger partial charge in [-0.05, 0) is 57.5 Å². The van der Waals surface area contributed by atoms with Crippen molar-refractivity contribution < 1.29 is 33.4 Å². The number of nitrogens with zero attached hydrogens (tertiary/aromatic N) is 3. The van der Waals surface area contributed by atoms with Crippen LogP contribution in [0, 0.1) is 12.7 Å². The standard InChI is InChI=1S/C26H28FN3O6/c1-17-6-7-18(16-21(17)27)23(31)35-20-10-8-19(9-11-20)30(25(33)34)15-13-28-22(30)12-14-29(5)24(32)36-26(2,3)4/h6-11,13,15-16H,12,14H2,1-5H3/p+1. The average molecular weight is 499 g/mol. The fourth-order valence-electron chi connectivity index (χ4n) is 3.49. The molecule has 1 unspecified atom stereocenters. The molecule has 0 saturated carbocycles. The van der Waals surface area contributed by atoms with Crippen molar-refractivity contribution >= 4 is 29.7 Å². The highest BCUT2D eigenvalue weighted by Crippen LogP contribution is 2.32. The molecule has 2 aromatic carbocycles. The van der Waals surface area contributed by atoms with Crippen molar-refractivity contribution in [2.24, 2.45) is 4.99 Å². The van der Waals surface area contributed by atoms with E-state index >= 15 is 0 Å². The number of carbonyl (C=O) groups is 3. The highest BCUT2D eigenvalue weighted by molar-refractivity contribution is 6.11. The van der Waals surface area contributed by atoms with Crippen molar-refractivity contribution in [3.05, 3.63) is 71.8 Å². The molecule has 2 amide bonds. The maximum absolute atomic E-state index is 13.8. The molecule has 190 valence electrons. The first-order valence-corrected chi connectivity index (χ1v) is 11.2. The van der Waals surface area contributed by atoms with Crippen LogP contribution < -0.4 is 9.22 Å². The Balaban J connectivity index is 1.75. The van der Waals surface area contributed by atoms with Gasteiger partial charge in [0.1, 0.15) is 23.4 Å². The summed E-state index contributed by atoms with van der Waals surface area (Å²) >= 11 is 0. The summed E-state index contributed by atoms with van der Waals surface area (Å²) in [6.45, 7) is 7.05. The van der Waals surface area contributed by atoms with Crippen molar-refractivity contribution in [1.29, 1.82) is 0 Å². The zero-order valence-corrected chi connectivity index (χ0v) is 20.8. The average Bonchev–Trinajstić information content (AvgIpc) is 3.23. The molecule has 0 radical (unpaired) electrons. The molecule has 0 bridgehead atoms. The van der Waals surface area contributed by atoms with E-state index in [1.807, 2.05) is 0 Å². The van der Waals surface area contributed by atoms with Crippen LogP contribution in [0.15, 0.2) is 59.9 Å². The first kappa shape index (κ1) is 26.6. The summed E-state index contributed by atoms with van der Waals surface area (Å²) in [4.78, 5) is 42.7. The minimum Gasteiger partial charge on any atom is -0.444 e. The monoisotopic (exact) mass is 498 g/mol. The number of aliphatic imine (C=N–C) groups is 1. The maximum atomic E-state index is 13.8. The van der Waals surface area contributed by atoms with Gasteiger partial charge in [0.2, 0.25) is 5.84 Å². The lowest BCUT2D eigenvalue weighted by Gasteiger charge is -2.28. The van der Waals surface area contributed by atoms with Crippen LogP contribution in [0.3, 0.4) is 0 Å². The predicted molar refractivity (Wildman–Crippen MR) is 132 cm³/mol. The Labute approximate surface area is 208 Å². The number of quaternary nitrogens is 1. The fraction of sp³-hybridized carbons (Fsp3) is 0.308. The molecule has 0 saturated heterocycles. The molecule has 0 aliphatic carbocycles. The lowest BCUT2D eigenvalue weighted by Crippen LogP contribution is -2.52. The number of amides is 2. The van der Waals surface area contributed by atoms with Crippen molar-refractivity contribution in [2.75, 3.05) is 13.6 Å². The van der Waals surface area contributed by atoms with Crippen molar-refractivity contribution in [3.8, 4) is 5.75 Å². The third kappa shape index (κ3) is 5.77. The van der Waals surface area contributed by atoms with Crippen LogP contribution in [0.5, 0.6) is 5.75 Å². The van der Waals surface area contributed by atoms with Crippen LogP contribution in [-0.4, -0.2) is 53.2 Å². The third-order valence-corrected chi connectivity index (χ3v) is 5.46. The topological polar surface area (TPSA) is 106 Å². The van der Waals surface area contributed by atoms with Crippen LogP contribution in [-0.2, 0) is 4.74 Å². The zero-order chi connectivity index (χ0) is 26.7. The maximum Gasteiger partial charge on any atom is 0.529 e. The van der Waals surface area contributed by atoms with E-state index in [4.69, 9.17) is 9.47 Å². The Bertz CT molecular complexity index is 1230. The number of rotatable bonds is 6. The largest absolute Gasteiger partial charge is 0.529 e. The molecule has 0 fully saturated rings. The summed E-state index contributed by atoms with van der Waals surface area (Å²) in [5.41, 5.74) is 0.155. The zero-order valence-electron chi connectivity index (χ0n) is 20.8. The summed E-state index contributed by atoms with van der Waals surface area (Å²) in [5, 5.41) is 10.1. The molecule has 10 heteroatoms. The second-order valence-corrected chi connectivity index (χ2v) is 9.35. The number of carbonyl (C=O) groups excluding carboxylic acids is 2. The van der Waals surface area contributed by atoms with Gasteiger partial charge in [-0.3, -0.25) is 0 Å². The number of hydrogen-bond acceptors (Lipinski definition) is 6. The van der Waals surface area contributed by atoms with Gasteiger partial charge in [-0.25, -0.2) is 19.0 Å². The van der Waals surface area contributed by atoms with E-state index in [0.717, 1.165) is 6.07 Å². The summed E-state index contributed by atoms with van der Waals surface area (Å²) in [6, 6.07) is 9.98. The van der Waals surface area contributed by atoms with Crippen molar-refractivity contribution in [1.82, 2.24) is 9.38 Å². The van der Waals surface area contributed by atoms with Gasteiger partial charge < -0.3 is 19.5 Å². The van der Waals surface area contributed by atoms with E-state index in [2.05, 4.69) is 4.99 Å². The van der Waals surface area contributed by atoms with Crippen molar-refractivity contribution in [2.45, 2.75) is 39.7 Å². The number of amidine groups is 1. The number of esters is 1. The summed E-state index contributed by atoms with van der Waals surface area (Å²) in [6.07, 6.45) is 1.27. The second-order valence-electron chi connectivity index (χ2n) is 9.35.